The fourth-order valence-electron chi connectivity index (χ4n) is 1.91. The molecule has 6 heteroatoms. The monoisotopic (exact) mass is 364 g/mol. The number of aromatic hydroxyl groups is 1. The van der Waals surface area contributed by atoms with Gasteiger partial charge < -0.3 is 9.63 Å². The van der Waals surface area contributed by atoms with Gasteiger partial charge in [0.25, 0.3) is 5.89 Å². The van der Waals surface area contributed by atoms with Crippen molar-refractivity contribution >= 4 is 27.5 Å². The number of phenols is 1. The Labute approximate surface area is 134 Å². The largest absolute Gasteiger partial charge is 0.507 e. The molecule has 21 heavy (non-hydrogen) atoms. The number of aryl methyl sites for hydroxylation is 1. The Morgan fingerprint density at radius 1 is 1.19 bits per heavy atom. The minimum Gasteiger partial charge on any atom is -0.507 e. The molecule has 3 aromatic rings. The number of halogens is 2. The van der Waals surface area contributed by atoms with Gasteiger partial charge in [-0.3, -0.25) is 0 Å². The second-order valence-corrected chi connectivity index (χ2v) is 5.83. The first kappa shape index (κ1) is 14.1. The van der Waals surface area contributed by atoms with Crippen LogP contribution < -0.4 is 0 Å². The Hall–Kier alpha value is -1.85. The van der Waals surface area contributed by atoms with Gasteiger partial charge in [0.2, 0.25) is 5.82 Å². The smallest absolute Gasteiger partial charge is 0.262 e. The van der Waals surface area contributed by atoms with Gasteiger partial charge in [-0.25, -0.2) is 0 Å². The fraction of sp³-hybridized carbons (Fsp3) is 0.0667. The predicted molar refractivity (Wildman–Crippen MR) is 84.3 cm³/mol. The highest BCUT2D eigenvalue weighted by molar-refractivity contribution is 9.10. The summed E-state index contributed by atoms with van der Waals surface area (Å²) in [7, 11) is 0. The maximum absolute atomic E-state index is 9.90. The van der Waals surface area contributed by atoms with Crippen molar-refractivity contribution in [2.24, 2.45) is 0 Å². The van der Waals surface area contributed by atoms with Gasteiger partial charge in [0.05, 0.1) is 10.6 Å². The molecule has 0 amide bonds. The van der Waals surface area contributed by atoms with Gasteiger partial charge in [-0.15, -0.1) is 0 Å². The van der Waals surface area contributed by atoms with Gasteiger partial charge in [0.1, 0.15) is 5.75 Å². The topological polar surface area (TPSA) is 59.2 Å². The highest BCUT2D eigenvalue weighted by atomic mass is 79.9. The zero-order chi connectivity index (χ0) is 15.0. The Bertz CT molecular complexity index is 817. The van der Waals surface area contributed by atoms with Crippen LogP contribution in [0.15, 0.2) is 45.4 Å². The number of nitrogens with zero attached hydrogens (tertiary/aromatic N) is 2. The van der Waals surface area contributed by atoms with Crippen molar-refractivity contribution < 1.29 is 9.63 Å². The van der Waals surface area contributed by atoms with Crippen molar-refractivity contribution in [3.8, 4) is 28.6 Å². The minimum atomic E-state index is 0.105. The van der Waals surface area contributed by atoms with Crippen LogP contribution in [0.25, 0.3) is 22.8 Å². The van der Waals surface area contributed by atoms with Crippen molar-refractivity contribution in [2.75, 3.05) is 0 Å². The van der Waals surface area contributed by atoms with E-state index in [-0.39, 0.29) is 11.6 Å². The lowest BCUT2D eigenvalue weighted by atomic mass is 10.1. The van der Waals surface area contributed by atoms with Gasteiger partial charge in [-0.05, 0) is 53.2 Å². The molecule has 0 bridgehead atoms. The molecule has 0 radical (unpaired) electrons. The summed E-state index contributed by atoms with van der Waals surface area (Å²) < 4.78 is 6.00. The molecule has 0 spiro atoms. The molecule has 0 aliphatic rings. The molecule has 4 nitrogen and oxygen atoms in total. The summed E-state index contributed by atoms with van der Waals surface area (Å²) in [6.07, 6.45) is 0. The fourth-order valence-corrected chi connectivity index (χ4v) is 2.40. The summed E-state index contributed by atoms with van der Waals surface area (Å²) >= 11 is 9.32. The van der Waals surface area contributed by atoms with Crippen LogP contribution in [0, 0.1) is 6.92 Å². The van der Waals surface area contributed by atoms with Crippen molar-refractivity contribution in [1.82, 2.24) is 10.1 Å². The Kier molecular flexibility index (Phi) is 3.69. The number of aromatic nitrogens is 2. The molecular weight excluding hydrogens is 356 g/mol. The molecule has 1 heterocycles. The quantitative estimate of drug-likeness (QED) is 0.706. The van der Waals surface area contributed by atoms with Crippen molar-refractivity contribution in [2.45, 2.75) is 6.92 Å². The zero-order valence-electron chi connectivity index (χ0n) is 11.0. The molecule has 0 saturated heterocycles. The molecule has 0 fully saturated rings. The van der Waals surface area contributed by atoms with E-state index in [0.717, 1.165) is 15.6 Å². The number of benzene rings is 2. The maximum Gasteiger partial charge on any atom is 0.262 e. The lowest BCUT2D eigenvalue weighted by Crippen LogP contribution is -1.83. The van der Waals surface area contributed by atoms with E-state index in [0.29, 0.717) is 16.4 Å². The Balaban J connectivity index is 2.03. The molecule has 0 unspecified atom stereocenters. The molecule has 1 aromatic heterocycles. The van der Waals surface area contributed by atoms with E-state index in [1.54, 1.807) is 24.3 Å². The van der Waals surface area contributed by atoms with Gasteiger partial charge in [-0.1, -0.05) is 28.4 Å². The molecule has 1 N–H and O–H groups in total. The van der Waals surface area contributed by atoms with E-state index in [9.17, 15) is 5.11 Å². The Morgan fingerprint density at radius 2 is 2.00 bits per heavy atom. The van der Waals surface area contributed by atoms with Crippen LogP contribution in [0.4, 0.5) is 0 Å². The minimum absolute atomic E-state index is 0.105. The first-order chi connectivity index (χ1) is 10.0. The van der Waals surface area contributed by atoms with E-state index in [1.165, 1.54) is 0 Å². The summed E-state index contributed by atoms with van der Waals surface area (Å²) in [6, 6.07) is 10.6. The first-order valence-corrected chi connectivity index (χ1v) is 7.31. The van der Waals surface area contributed by atoms with Gasteiger partial charge in [0.15, 0.2) is 0 Å². The summed E-state index contributed by atoms with van der Waals surface area (Å²) in [5.41, 5.74) is 2.28. The van der Waals surface area contributed by atoms with Crippen LogP contribution in [0.1, 0.15) is 5.56 Å². The number of phenolic OH excluding ortho intramolecular Hbond substituents is 1. The maximum atomic E-state index is 9.90. The normalized spacial score (nSPS) is 10.8. The third-order valence-electron chi connectivity index (χ3n) is 2.99. The van der Waals surface area contributed by atoms with Crippen molar-refractivity contribution in [3.63, 3.8) is 0 Å². The first-order valence-electron chi connectivity index (χ1n) is 6.14. The van der Waals surface area contributed by atoms with Crippen molar-refractivity contribution in [3.05, 3.63) is 51.5 Å². The summed E-state index contributed by atoms with van der Waals surface area (Å²) in [6.45, 7) is 1.93. The average molecular weight is 366 g/mol. The summed E-state index contributed by atoms with van der Waals surface area (Å²) in [5, 5.41) is 14.4. The molecule has 106 valence electrons. The van der Waals surface area contributed by atoms with E-state index in [1.807, 2.05) is 19.1 Å². The molecule has 0 aliphatic heterocycles. The van der Waals surface area contributed by atoms with E-state index >= 15 is 0 Å². The van der Waals surface area contributed by atoms with Crippen LogP contribution in [-0.4, -0.2) is 15.2 Å². The van der Waals surface area contributed by atoms with E-state index in [2.05, 4.69) is 26.1 Å². The van der Waals surface area contributed by atoms with E-state index in [4.69, 9.17) is 16.1 Å². The van der Waals surface area contributed by atoms with Gasteiger partial charge in [0, 0.05) is 10.0 Å². The van der Waals surface area contributed by atoms with Crippen LogP contribution in [-0.2, 0) is 0 Å². The highest BCUT2D eigenvalue weighted by Crippen LogP contribution is 2.32. The molecule has 0 aliphatic carbocycles. The third kappa shape index (κ3) is 2.80. The summed E-state index contributed by atoms with van der Waals surface area (Å²) in [5.74, 6) is 0.814. The highest BCUT2D eigenvalue weighted by Gasteiger charge is 2.14. The lowest BCUT2D eigenvalue weighted by Gasteiger charge is -2.00. The zero-order valence-corrected chi connectivity index (χ0v) is 13.3. The molecule has 2 aromatic carbocycles. The van der Waals surface area contributed by atoms with E-state index < -0.39 is 0 Å². The van der Waals surface area contributed by atoms with Crippen LogP contribution in [0.2, 0.25) is 5.02 Å². The second-order valence-electron chi connectivity index (χ2n) is 4.57. The van der Waals surface area contributed by atoms with Crippen molar-refractivity contribution in [1.29, 1.82) is 0 Å². The van der Waals surface area contributed by atoms with Gasteiger partial charge in [-0.2, -0.15) is 4.98 Å². The number of rotatable bonds is 2. The average Bonchev–Trinajstić information content (AvgIpc) is 2.94. The lowest BCUT2D eigenvalue weighted by molar-refractivity contribution is 0.425. The summed E-state index contributed by atoms with van der Waals surface area (Å²) in [4.78, 5) is 4.32. The van der Waals surface area contributed by atoms with Crippen LogP contribution in [0.3, 0.4) is 0 Å². The Morgan fingerprint density at radius 3 is 2.76 bits per heavy atom. The standard InChI is InChI=1S/C15H10BrClN2O2/c1-8-2-5-13(20)10(6-8)15-18-14(19-21-15)9-3-4-12(17)11(16)7-9/h2-7,20H,1H3. The SMILES string of the molecule is Cc1ccc(O)c(-c2nc(-c3ccc(Cl)c(Br)c3)no2)c1. The predicted octanol–water partition coefficient (Wildman–Crippen LogP) is 4.83. The number of hydrogen-bond acceptors (Lipinski definition) is 4. The number of hydrogen-bond donors (Lipinski definition) is 1. The molecule has 0 saturated carbocycles. The second kappa shape index (κ2) is 5.50. The van der Waals surface area contributed by atoms with Gasteiger partial charge >= 0.3 is 0 Å². The molecular formula is C15H10BrClN2O2. The molecule has 0 atom stereocenters. The molecule has 3 rings (SSSR count). The van der Waals surface area contributed by atoms with Crippen LogP contribution in [0.5, 0.6) is 5.75 Å². The van der Waals surface area contributed by atoms with Crippen LogP contribution >= 0.6 is 27.5 Å². The third-order valence-corrected chi connectivity index (χ3v) is 4.20.